The molecule has 3 heterocycles. The van der Waals surface area contributed by atoms with Crippen LogP contribution < -0.4 is 0 Å². The van der Waals surface area contributed by atoms with E-state index in [-0.39, 0.29) is 0 Å². The molecular weight excluding hydrogens is 215 g/mol. The summed E-state index contributed by atoms with van der Waals surface area (Å²) >= 11 is 1.55. The molecule has 0 saturated carbocycles. The molecule has 0 amide bonds. The maximum atomic E-state index is 13.1. The lowest BCUT2D eigenvalue weighted by Crippen LogP contribution is -1.96. The first kappa shape index (κ1) is 8.49. The predicted octanol–water partition coefficient (Wildman–Crippen LogP) is 1.99. The molecule has 0 aliphatic carbocycles. The van der Waals surface area contributed by atoms with Crippen LogP contribution in [-0.4, -0.2) is 19.8 Å². The summed E-state index contributed by atoms with van der Waals surface area (Å²) in [6.45, 7) is 0. The van der Waals surface area contributed by atoms with Crippen molar-refractivity contribution in [2.24, 2.45) is 0 Å². The molecule has 0 unspecified atom stereocenters. The van der Waals surface area contributed by atoms with E-state index in [0.717, 1.165) is 15.1 Å². The molecule has 0 atom stereocenters. The molecule has 3 aromatic heterocycles. The third kappa shape index (κ3) is 1.30. The van der Waals surface area contributed by atoms with Gasteiger partial charge in [0.25, 0.3) is 0 Å². The van der Waals surface area contributed by atoms with E-state index in [0.29, 0.717) is 5.65 Å². The van der Waals surface area contributed by atoms with Crippen molar-refractivity contribution in [1.29, 1.82) is 0 Å². The highest BCUT2D eigenvalue weighted by Crippen LogP contribution is 2.22. The largest absolute Gasteiger partial charge is 0.330 e. The van der Waals surface area contributed by atoms with Gasteiger partial charge < -0.3 is 0 Å². The topological polar surface area (TPSA) is 43.1 Å². The van der Waals surface area contributed by atoms with Crippen molar-refractivity contribution < 1.29 is 4.39 Å². The summed E-state index contributed by atoms with van der Waals surface area (Å²) in [4.78, 5) is 0.991. The number of rotatable bonds is 1. The summed E-state index contributed by atoms with van der Waals surface area (Å²) < 4.78 is 14.2. The van der Waals surface area contributed by atoms with Crippen molar-refractivity contribution in [3.8, 4) is 10.6 Å². The van der Waals surface area contributed by atoms with Gasteiger partial charge in [-0.25, -0.2) is 0 Å². The Balaban J connectivity index is 2.25. The molecular formula is C9H5FN4S. The van der Waals surface area contributed by atoms with Gasteiger partial charge >= 0.3 is 6.08 Å². The van der Waals surface area contributed by atoms with Crippen molar-refractivity contribution in [3.63, 3.8) is 0 Å². The zero-order valence-electron chi connectivity index (χ0n) is 7.46. The van der Waals surface area contributed by atoms with Gasteiger partial charge in [0.2, 0.25) is 0 Å². The van der Waals surface area contributed by atoms with Crippen LogP contribution in [0.2, 0.25) is 0 Å². The van der Waals surface area contributed by atoms with Crippen molar-refractivity contribution in [3.05, 3.63) is 35.7 Å². The molecule has 4 nitrogen and oxygen atoms in total. The Labute approximate surface area is 88.0 Å². The van der Waals surface area contributed by atoms with Crippen LogP contribution in [0.1, 0.15) is 0 Å². The molecule has 0 aliphatic heterocycles. The first-order valence-electron chi connectivity index (χ1n) is 4.26. The van der Waals surface area contributed by atoms with Gasteiger partial charge in [0, 0.05) is 0 Å². The van der Waals surface area contributed by atoms with E-state index in [4.69, 9.17) is 0 Å². The molecule has 0 radical (unpaired) electrons. The highest BCUT2D eigenvalue weighted by atomic mass is 32.1. The summed E-state index contributed by atoms with van der Waals surface area (Å²) in [7, 11) is 0. The van der Waals surface area contributed by atoms with Crippen molar-refractivity contribution in [2.75, 3.05) is 0 Å². The second-order valence-corrected chi connectivity index (χ2v) is 3.88. The second kappa shape index (κ2) is 3.09. The Morgan fingerprint density at radius 1 is 1.20 bits per heavy atom. The van der Waals surface area contributed by atoms with Crippen LogP contribution in [0.5, 0.6) is 0 Å². The SMILES string of the molecule is Fc1nnc2ccc(-c3cccs3)nn12. The van der Waals surface area contributed by atoms with Crippen molar-refractivity contribution >= 4 is 17.0 Å². The number of halogens is 1. The second-order valence-electron chi connectivity index (χ2n) is 2.93. The average molecular weight is 220 g/mol. The molecule has 0 bridgehead atoms. The van der Waals surface area contributed by atoms with E-state index in [2.05, 4.69) is 15.3 Å². The number of thiophene rings is 1. The van der Waals surface area contributed by atoms with Crippen LogP contribution in [0.3, 0.4) is 0 Å². The van der Waals surface area contributed by atoms with Gasteiger partial charge in [0.15, 0.2) is 5.65 Å². The molecule has 0 spiro atoms. The molecule has 74 valence electrons. The molecule has 0 aromatic carbocycles. The zero-order chi connectivity index (χ0) is 10.3. The van der Waals surface area contributed by atoms with E-state index in [1.165, 1.54) is 0 Å². The third-order valence-electron chi connectivity index (χ3n) is 2.00. The van der Waals surface area contributed by atoms with Crippen LogP contribution in [0.25, 0.3) is 16.2 Å². The summed E-state index contributed by atoms with van der Waals surface area (Å²) in [5.74, 6) is 0. The molecule has 0 fully saturated rings. The summed E-state index contributed by atoms with van der Waals surface area (Å²) in [6, 6.07) is 7.35. The van der Waals surface area contributed by atoms with Crippen LogP contribution in [0.15, 0.2) is 29.6 Å². The Kier molecular flexibility index (Phi) is 1.75. The quantitative estimate of drug-likeness (QED) is 0.630. The standard InChI is InChI=1S/C9H5FN4S/c10-9-12-11-8-4-3-6(13-14(8)9)7-2-1-5-15-7/h1-5H. The molecule has 3 aromatic rings. The molecule has 6 heteroatoms. The van der Waals surface area contributed by atoms with Gasteiger partial charge in [-0.2, -0.15) is 14.0 Å². The molecule has 15 heavy (non-hydrogen) atoms. The van der Waals surface area contributed by atoms with Crippen molar-refractivity contribution in [1.82, 2.24) is 19.8 Å². The number of nitrogens with zero attached hydrogens (tertiary/aromatic N) is 4. The smallest absolute Gasteiger partial charge is 0.168 e. The fraction of sp³-hybridized carbons (Fsp3) is 0. The highest BCUT2D eigenvalue weighted by molar-refractivity contribution is 7.13. The minimum atomic E-state index is -0.691. The molecule has 0 saturated heterocycles. The lowest BCUT2D eigenvalue weighted by atomic mass is 10.3. The van der Waals surface area contributed by atoms with E-state index >= 15 is 0 Å². The van der Waals surface area contributed by atoms with Crippen molar-refractivity contribution in [2.45, 2.75) is 0 Å². The van der Waals surface area contributed by atoms with Gasteiger partial charge in [-0.05, 0) is 23.6 Å². The van der Waals surface area contributed by atoms with E-state index in [1.807, 2.05) is 17.5 Å². The maximum absolute atomic E-state index is 13.1. The Morgan fingerprint density at radius 2 is 2.13 bits per heavy atom. The normalized spacial score (nSPS) is 11.0. The minimum absolute atomic E-state index is 0.410. The highest BCUT2D eigenvalue weighted by Gasteiger charge is 2.07. The lowest BCUT2D eigenvalue weighted by molar-refractivity contribution is 0.508. The number of fused-ring (bicyclic) bond motifs is 1. The van der Waals surface area contributed by atoms with Gasteiger partial charge in [-0.15, -0.1) is 16.4 Å². The first-order chi connectivity index (χ1) is 7.34. The van der Waals surface area contributed by atoms with Gasteiger partial charge in [0.1, 0.15) is 5.69 Å². The predicted molar refractivity (Wildman–Crippen MR) is 54.1 cm³/mol. The van der Waals surface area contributed by atoms with Crippen LogP contribution in [0, 0.1) is 6.08 Å². The summed E-state index contributed by atoms with van der Waals surface area (Å²) in [6.07, 6.45) is -0.691. The van der Waals surface area contributed by atoms with Crippen LogP contribution in [0.4, 0.5) is 4.39 Å². The van der Waals surface area contributed by atoms with E-state index in [1.54, 1.807) is 23.5 Å². The molecule has 0 N–H and O–H groups in total. The summed E-state index contributed by atoms with van der Waals surface area (Å²) in [5, 5.41) is 13.0. The Morgan fingerprint density at radius 3 is 2.93 bits per heavy atom. The fourth-order valence-electron chi connectivity index (χ4n) is 1.32. The Bertz CT molecular complexity index is 602. The van der Waals surface area contributed by atoms with Crippen LogP contribution in [-0.2, 0) is 0 Å². The monoisotopic (exact) mass is 220 g/mol. The number of hydrogen-bond acceptors (Lipinski definition) is 4. The minimum Gasteiger partial charge on any atom is -0.168 e. The molecule has 0 aliphatic rings. The Hall–Kier alpha value is -1.82. The number of hydrogen-bond donors (Lipinski definition) is 0. The molecule has 3 rings (SSSR count). The maximum Gasteiger partial charge on any atom is 0.330 e. The van der Waals surface area contributed by atoms with E-state index in [9.17, 15) is 4.39 Å². The number of aromatic nitrogens is 4. The zero-order valence-corrected chi connectivity index (χ0v) is 8.28. The van der Waals surface area contributed by atoms with Crippen LogP contribution >= 0.6 is 11.3 Å². The average Bonchev–Trinajstić information content (AvgIpc) is 2.88. The third-order valence-corrected chi connectivity index (χ3v) is 2.89. The summed E-state index contributed by atoms with van der Waals surface area (Å²) in [5.41, 5.74) is 1.13. The van der Waals surface area contributed by atoms with Gasteiger partial charge in [0.05, 0.1) is 4.88 Å². The lowest BCUT2D eigenvalue weighted by Gasteiger charge is -1.96. The van der Waals surface area contributed by atoms with E-state index < -0.39 is 6.08 Å². The van der Waals surface area contributed by atoms with Gasteiger partial charge in [-0.1, -0.05) is 11.2 Å². The van der Waals surface area contributed by atoms with Gasteiger partial charge in [-0.3, -0.25) is 0 Å². The fourth-order valence-corrected chi connectivity index (χ4v) is 2.01. The first-order valence-corrected chi connectivity index (χ1v) is 5.14.